The number of nitrogens with zero attached hydrogens (tertiary/aromatic N) is 1. The summed E-state index contributed by atoms with van der Waals surface area (Å²) in [4.78, 5) is 13.6. The molecule has 1 aromatic carbocycles. The van der Waals surface area contributed by atoms with E-state index in [1.54, 1.807) is 6.08 Å². The molecule has 0 saturated carbocycles. The van der Waals surface area contributed by atoms with Crippen molar-refractivity contribution in [1.29, 1.82) is 0 Å². The molecule has 1 aromatic rings. The maximum atomic E-state index is 12.2. The van der Waals surface area contributed by atoms with Crippen LogP contribution in [0.2, 0.25) is 10.0 Å². The quantitative estimate of drug-likeness (QED) is 0.492. The maximum absolute atomic E-state index is 12.2. The van der Waals surface area contributed by atoms with Crippen LogP contribution in [0.25, 0.3) is 6.08 Å². The largest absolute Gasteiger partial charge is 0.503 e. The van der Waals surface area contributed by atoms with Gasteiger partial charge in [-0.3, -0.25) is 9.69 Å². The van der Waals surface area contributed by atoms with Gasteiger partial charge < -0.3 is 15.2 Å². The van der Waals surface area contributed by atoms with Gasteiger partial charge >= 0.3 is 0 Å². The highest BCUT2D eigenvalue weighted by molar-refractivity contribution is 7.80. The highest BCUT2D eigenvalue weighted by Crippen LogP contribution is 2.42. The van der Waals surface area contributed by atoms with E-state index in [4.69, 9.17) is 40.2 Å². The number of amides is 1. The van der Waals surface area contributed by atoms with Gasteiger partial charge in [-0.15, -0.1) is 6.58 Å². The number of phenols is 1. The smallest absolute Gasteiger partial charge is 0.276 e. The van der Waals surface area contributed by atoms with Crippen molar-refractivity contribution < 1.29 is 14.6 Å². The fourth-order valence-corrected chi connectivity index (χ4v) is 2.56. The van der Waals surface area contributed by atoms with Crippen molar-refractivity contribution in [2.24, 2.45) is 0 Å². The van der Waals surface area contributed by atoms with Crippen LogP contribution < -0.4 is 10.1 Å². The first-order chi connectivity index (χ1) is 10.4. The van der Waals surface area contributed by atoms with Gasteiger partial charge in [0.2, 0.25) is 0 Å². The first-order valence-electron chi connectivity index (χ1n) is 6.11. The zero-order valence-corrected chi connectivity index (χ0v) is 13.8. The number of phenolic OH excluding ortho intramolecular Hbond substituents is 1. The van der Waals surface area contributed by atoms with E-state index < -0.39 is 0 Å². The highest BCUT2D eigenvalue weighted by Gasteiger charge is 2.30. The molecule has 8 heteroatoms. The average molecular weight is 359 g/mol. The SMILES string of the molecule is C=CCN1C(=O)/C(=C\c2cc(OC)c(O)c(Cl)c2Cl)NC1=S. The monoisotopic (exact) mass is 358 g/mol. The van der Waals surface area contributed by atoms with E-state index >= 15 is 0 Å². The Morgan fingerprint density at radius 1 is 1.50 bits per heavy atom. The molecule has 1 aliphatic rings. The Kier molecular flexibility index (Phi) is 4.95. The molecule has 22 heavy (non-hydrogen) atoms. The Morgan fingerprint density at radius 2 is 2.18 bits per heavy atom. The van der Waals surface area contributed by atoms with Crippen molar-refractivity contribution in [2.45, 2.75) is 0 Å². The number of aromatic hydroxyl groups is 1. The summed E-state index contributed by atoms with van der Waals surface area (Å²) in [6.45, 7) is 3.88. The molecule has 1 amide bonds. The van der Waals surface area contributed by atoms with Gasteiger partial charge in [0.05, 0.1) is 12.1 Å². The lowest BCUT2D eigenvalue weighted by molar-refractivity contribution is -0.122. The van der Waals surface area contributed by atoms with Crippen LogP contribution in [0, 0.1) is 0 Å². The van der Waals surface area contributed by atoms with Crippen molar-refractivity contribution in [3.05, 3.63) is 40.0 Å². The molecule has 1 heterocycles. The van der Waals surface area contributed by atoms with Gasteiger partial charge in [-0.05, 0) is 24.4 Å². The highest BCUT2D eigenvalue weighted by atomic mass is 35.5. The summed E-state index contributed by atoms with van der Waals surface area (Å²) in [5.41, 5.74) is 0.665. The molecule has 0 aromatic heterocycles. The van der Waals surface area contributed by atoms with Crippen LogP contribution in [-0.4, -0.2) is 34.7 Å². The molecule has 2 N–H and O–H groups in total. The first kappa shape index (κ1) is 16.6. The Morgan fingerprint density at radius 3 is 2.77 bits per heavy atom. The van der Waals surface area contributed by atoms with Crippen LogP contribution in [0.4, 0.5) is 0 Å². The van der Waals surface area contributed by atoms with Crippen molar-refractivity contribution in [2.75, 3.05) is 13.7 Å². The van der Waals surface area contributed by atoms with E-state index in [-0.39, 0.29) is 38.3 Å². The van der Waals surface area contributed by atoms with E-state index in [2.05, 4.69) is 11.9 Å². The third-order valence-corrected chi connectivity index (χ3v) is 4.16. The summed E-state index contributed by atoms with van der Waals surface area (Å²) in [5, 5.41) is 12.9. The summed E-state index contributed by atoms with van der Waals surface area (Å²) < 4.78 is 5.02. The molecule has 0 atom stereocenters. The van der Waals surface area contributed by atoms with Crippen molar-refractivity contribution in [3.63, 3.8) is 0 Å². The molecule has 1 aliphatic heterocycles. The lowest BCUT2D eigenvalue weighted by atomic mass is 10.1. The molecule has 1 saturated heterocycles. The van der Waals surface area contributed by atoms with Gasteiger partial charge in [-0.2, -0.15) is 0 Å². The third-order valence-electron chi connectivity index (χ3n) is 2.97. The minimum atomic E-state index is -0.302. The lowest BCUT2D eigenvalue weighted by Crippen LogP contribution is -2.30. The van der Waals surface area contributed by atoms with Crippen molar-refractivity contribution in [3.8, 4) is 11.5 Å². The molecule has 0 aliphatic carbocycles. The van der Waals surface area contributed by atoms with E-state index in [9.17, 15) is 9.90 Å². The standard InChI is InChI=1S/C14H12Cl2N2O3S/c1-3-4-18-13(20)8(17-14(18)22)5-7-6-9(21-2)12(19)11(16)10(7)15/h3,5-6,19H,1,4H2,2H3,(H,17,22)/b8-5+. The minimum absolute atomic E-state index is 0.0520. The summed E-state index contributed by atoms with van der Waals surface area (Å²) in [6.07, 6.45) is 3.07. The molecular weight excluding hydrogens is 347 g/mol. The average Bonchev–Trinajstić information content (AvgIpc) is 2.76. The number of thiocarbonyl (C=S) groups is 1. The normalized spacial score (nSPS) is 16.1. The predicted molar refractivity (Wildman–Crippen MR) is 90.3 cm³/mol. The second kappa shape index (κ2) is 6.56. The van der Waals surface area contributed by atoms with Gasteiger partial charge in [0.1, 0.15) is 10.7 Å². The fraction of sp³-hybridized carbons (Fsp3) is 0.143. The number of nitrogens with one attached hydrogen (secondary N) is 1. The van der Waals surface area contributed by atoms with Crippen molar-refractivity contribution in [1.82, 2.24) is 10.2 Å². The second-order valence-corrected chi connectivity index (χ2v) is 5.48. The molecule has 116 valence electrons. The number of methoxy groups -OCH3 is 1. The number of halogens is 2. The van der Waals surface area contributed by atoms with Gasteiger partial charge in [0, 0.05) is 12.1 Å². The summed E-state index contributed by atoms with van der Waals surface area (Å²) in [6, 6.07) is 1.48. The Balaban J connectivity index is 2.46. The van der Waals surface area contributed by atoms with Gasteiger partial charge in [-0.25, -0.2) is 0 Å². The number of carbonyl (C=O) groups excluding carboxylic acids is 1. The van der Waals surface area contributed by atoms with E-state index in [1.165, 1.54) is 24.2 Å². The van der Waals surface area contributed by atoms with Crippen LogP contribution in [0.3, 0.4) is 0 Å². The van der Waals surface area contributed by atoms with Crippen LogP contribution in [0.1, 0.15) is 5.56 Å². The number of ether oxygens (including phenoxy) is 1. The molecule has 0 bridgehead atoms. The maximum Gasteiger partial charge on any atom is 0.276 e. The fourth-order valence-electron chi connectivity index (χ4n) is 1.89. The second-order valence-electron chi connectivity index (χ2n) is 4.34. The molecule has 0 spiro atoms. The van der Waals surface area contributed by atoms with Crippen LogP contribution in [0.15, 0.2) is 24.4 Å². The Labute approximate surface area is 142 Å². The number of rotatable bonds is 4. The van der Waals surface area contributed by atoms with E-state index in [1.807, 2.05) is 0 Å². The molecule has 1 fully saturated rings. The zero-order valence-electron chi connectivity index (χ0n) is 11.5. The minimum Gasteiger partial charge on any atom is -0.503 e. The van der Waals surface area contributed by atoms with Crippen LogP contribution >= 0.6 is 35.4 Å². The predicted octanol–water partition coefficient (Wildman–Crippen LogP) is 2.95. The number of carbonyl (C=O) groups is 1. The Hall–Kier alpha value is -1.76. The molecule has 0 radical (unpaired) electrons. The summed E-state index contributed by atoms with van der Waals surface area (Å²) >= 11 is 17.1. The summed E-state index contributed by atoms with van der Waals surface area (Å²) in [5.74, 6) is -0.410. The Bertz CT molecular complexity index is 704. The van der Waals surface area contributed by atoms with E-state index in [0.717, 1.165) is 0 Å². The molecule has 5 nitrogen and oxygen atoms in total. The van der Waals surface area contributed by atoms with Crippen molar-refractivity contribution >= 4 is 52.5 Å². The summed E-state index contributed by atoms with van der Waals surface area (Å²) in [7, 11) is 1.39. The van der Waals surface area contributed by atoms with E-state index in [0.29, 0.717) is 12.1 Å². The topological polar surface area (TPSA) is 61.8 Å². The number of benzene rings is 1. The van der Waals surface area contributed by atoms with Gasteiger partial charge in [0.25, 0.3) is 5.91 Å². The number of hydrogen-bond acceptors (Lipinski definition) is 4. The zero-order chi connectivity index (χ0) is 16.4. The molecule has 2 rings (SSSR count). The first-order valence-corrected chi connectivity index (χ1v) is 7.27. The third kappa shape index (κ3) is 2.90. The molecule has 0 unspecified atom stereocenters. The van der Waals surface area contributed by atoms with Gasteiger partial charge in [-0.1, -0.05) is 29.3 Å². The molecular formula is C14H12Cl2N2O3S. The van der Waals surface area contributed by atoms with Crippen LogP contribution in [0.5, 0.6) is 11.5 Å². The number of hydrogen-bond donors (Lipinski definition) is 2. The van der Waals surface area contributed by atoms with Gasteiger partial charge in [0.15, 0.2) is 16.6 Å². The van der Waals surface area contributed by atoms with Crippen LogP contribution in [-0.2, 0) is 4.79 Å². The lowest BCUT2D eigenvalue weighted by Gasteiger charge is -2.10.